The number of carbonyl (C=O) groups is 2. The van der Waals surface area contributed by atoms with Crippen molar-refractivity contribution in [1.29, 1.82) is 0 Å². The van der Waals surface area contributed by atoms with Crippen molar-refractivity contribution < 1.29 is 19.8 Å². The third-order valence-electron chi connectivity index (χ3n) is 10.5. The monoisotopic (exact) mass is 721 g/mol. The van der Waals surface area contributed by atoms with Crippen LogP contribution in [0.5, 0.6) is 11.5 Å². The predicted octanol–water partition coefficient (Wildman–Crippen LogP) is 11.3. The minimum Gasteiger partial charge on any atom is -0.507 e. The van der Waals surface area contributed by atoms with Gasteiger partial charge in [-0.25, -0.2) is 0 Å². The second-order valence-corrected chi connectivity index (χ2v) is 19.3. The average Bonchev–Trinajstić information content (AvgIpc) is 3.01. The van der Waals surface area contributed by atoms with Gasteiger partial charge in [0.05, 0.1) is 11.8 Å². The Labute approximate surface area is 318 Å². The zero-order valence-electron chi connectivity index (χ0n) is 35.7. The molecule has 0 aliphatic rings. The van der Waals surface area contributed by atoms with E-state index in [1.807, 2.05) is 24.3 Å². The number of rotatable bonds is 17. The van der Waals surface area contributed by atoms with Gasteiger partial charge in [0.15, 0.2) is 0 Å². The molecule has 2 aromatic rings. The lowest BCUT2D eigenvalue weighted by Crippen LogP contribution is -2.30. The molecule has 0 aromatic heterocycles. The standard InChI is InChI=1S/C46H76N2O4/c1-15-33(31-27-35(43(3,4)5)39(49)36(28-31)44(6,7)8)41(51)47-25-23-21-19-17-18-20-22-24-26-48-42(52)34(16-2)32-29-37(45(9,10)11)40(50)38(30-32)46(12,13)14/h27-30,33-34,49-50H,15-26H2,1-14H3,(H,47,51)(H,48,52). The van der Waals surface area contributed by atoms with Crippen LogP contribution >= 0.6 is 0 Å². The number of phenols is 2. The molecule has 2 unspecified atom stereocenters. The average molecular weight is 721 g/mol. The summed E-state index contributed by atoms with van der Waals surface area (Å²) in [5, 5.41) is 28.6. The van der Waals surface area contributed by atoms with Crippen LogP contribution in [0.1, 0.15) is 206 Å². The second-order valence-electron chi connectivity index (χ2n) is 19.3. The molecule has 2 atom stereocenters. The lowest BCUT2D eigenvalue weighted by molar-refractivity contribution is -0.123. The fraction of sp³-hybridized carbons (Fsp3) is 0.696. The third kappa shape index (κ3) is 12.8. The summed E-state index contributed by atoms with van der Waals surface area (Å²) in [5.41, 5.74) is 4.63. The first-order valence-corrected chi connectivity index (χ1v) is 20.3. The van der Waals surface area contributed by atoms with Gasteiger partial charge < -0.3 is 20.8 Å². The molecule has 6 heteroatoms. The molecule has 0 saturated carbocycles. The highest BCUT2D eigenvalue weighted by molar-refractivity contribution is 5.84. The number of nitrogens with one attached hydrogen (secondary N) is 2. The van der Waals surface area contributed by atoms with Crippen molar-refractivity contribution in [3.63, 3.8) is 0 Å². The van der Waals surface area contributed by atoms with E-state index in [9.17, 15) is 19.8 Å². The zero-order chi connectivity index (χ0) is 39.7. The Morgan fingerprint density at radius 2 is 0.712 bits per heavy atom. The fourth-order valence-corrected chi connectivity index (χ4v) is 7.13. The highest BCUT2D eigenvalue weighted by Gasteiger charge is 2.31. The number of hydrogen-bond donors (Lipinski definition) is 4. The largest absolute Gasteiger partial charge is 0.507 e. The Balaban J connectivity index is 1.76. The van der Waals surface area contributed by atoms with Crippen molar-refractivity contribution >= 4 is 11.8 Å². The molecule has 2 aromatic carbocycles. The molecule has 294 valence electrons. The summed E-state index contributed by atoms with van der Waals surface area (Å²) in [6, 6.07) is 8.15. The molecule has 0 fully saturated rings. The van der Waals surface area contributed by atoms with E-state index >= 15 is 0 Å². The molecule has 6 nitrogen and oxygen atoms in total. The van der Waals surface area contributed by atoms with E-state index in [1.54, 1.807) is 0 Å². The van der Waals surface area contributed by atoms with Crippen molar-refractivity contribution in [2.75, 3.05) is 13.1 Å². The first-order valence-electron chi connectivity index (χ1n) is 20.3. The zero-order valence-corrected chi connectivity index (χ0v) is 35.7. The van der Waals surface area contributed by atoms with Gasteiger partial charge in [-0.1, -0.05) is 160 Å². The number of aromatic hydroxyl groups is 2. The summed E-state index contributed by atoms with van der Waals surface area (Å²) >= 11 is 0. The van der Waals surface area contributed by atoms with Gasteiger partial charge in [-0.2, -0.15) is 0 Å². The summed E-state index contributed by atoms with van der Waals surface area (Å²) in [5.74, 6) is 0.353. The first-order chi connectivity index (χ1) is 23.9. The molecule has 52 heavy (non-hydrogen) atoms. The van der Waals surface area contributed by atoms with Crippen LogP contribution in [0.3, 0.4) is 0 Å². The number of carbonyl (C=O) groups excluding carboxylic acids is 2. The topological polar surface area (TPSA) is 98.7 Å². The molecule has 0 aliphatic carbocycles. The van der Waals surface area contributed by atoms with E-state index in [4.69, 9.17) is 0 Å². The number of benzene rings is 2. The highest BCUT2D eigenvalue weighted by atomic mass is 16.3. The summed E-state index contributed by atoms with van der Waals surface area (Å²) < 4.78 is 0. The molecular weight excluding hydrogens is 645 g/mol. The SMILES string of the molecule is CCC(C(=O)NCCCCCCCCCCNC(=O)C(CC)c1cc(C(C)(C)C)c(O)c(C(C)(C)C)c1)c1cc(C(C)(C)C)c(O)c(C(C)(C)C)c1. The Morgan fingerprint density at radius 3 is 0.923 bits per heavy atom. The van der Waals surface area contributed by atoms with Gasteiger partial charge in [0.2, 0.25) is 11.8 Å². The van der Waals surface area contributed by atoms with Crippen molar-refractivity contribution in [3.8, 4) is 11.5 Å². The molecule has 4 N–H and O–H groups in total. The van der Waals surface area contributed by atoms with Gasteiger partial charge in [0, 0.05) is 13.1 Å². The van der Waals surface area contributed by atoms with E-state index < -0.39 is 0 Å². The molecule has 0 heterocycles. The van der Waals surface area contributed by atoms with E-state index in [0.29, 0.717) is 37.4 Å². The molecule has 0 aliphatic heterocycles. The van der Waals surface area contributed by atoms with Crippen LogP contribution in [0.2, 0.25) is 0 Å². The van der Waals surface area contributed by atoms with Crippen LogP contribution in [-0.2, 0) is 31.2 Å². The summed E-state index contributed by atoms with van der Waals surface area (Å²) in [6.07, 6.45) is 10.2. The molecule has 0 bridgehead atoms. The Bertz CT molecular complexity index is 1280. The summed E-state index contributed by atoms with van der Waals surface area (Å²) in [6.45, 7) is 30.7. The van der Waals surface area contributed by atoms with Gasteiger partial charge in [0.25, 0.3) is 0 Å². The summed E-state index contributed by atoms with van der Waals surface area (Å²) in [7, 11) is 0. The van der Waals surface area contributed by atoms with Crippen molar-refractivity contribution in [2.24, 2.45) is 0 Å². The minimum atomic E-state index is -0.240. The lowest BCUT2D eigenvalue weighted by Gasteiger charge is -2.29. The lowest BCUT2D eigenvalue weighted by atomic mass is 9.76. The van der Waals surface area contributed by atoms with Crippen molar-refractivity contribution in [3.05, 3.63) is 57.6 Å². The predicted molar refractivity (Wildman–Crippen MR) is 220 cm³/mol. The van der Waals surface area contributed by atoms with Gasteiger partial charge in [-0.05, 0) is 80.7 Å². The number of hydrogen-bond acceptors (Lipinski definition) is 4. The van der Waals surface area contributed by atoms with Crippen LogP contribution in [0.4, 0.5) is 0 Å². The van der Waals surface area contributed by atoms with E-state index in [2.05, 4.69) is 108 Å². The molecule has 0 radical (unpaired) electrons. The van der Waals surface area contributed by atoms with Crippen molar-refractivity contribution in [1.82, 2.24) is 10.6 Å². The minimum absolute atomic E-state index is 0.0673. The van der Waals surface area contributed by atoms with Crippen LogP contribution in [0.25, 0.3) is 0 Å². The second kappa shape index (κ2) is 18.8. The first kappa shape index (κ1) is 45.1. The Hall–Kier alpha value is -3.02. The Kier molecular flexibility index (Phi) is 16.4. The molecular formula is C46H76N2O4. The van der Waals surface area contributed by atoms with E-state index in [1.165, 1.54) is 12.8 Å². The maximum atomic E-state index is 13.3. The molecule has 0 saturated heterocycles. The van der Waals surface area contributed by atoms with Gasteiger partial charge in [0.1, 0.15) is 11.5 Å². The quantitative estimate of drug-likeness (QED) is 0.122. The maximum Gasteiger partial charge on any atom is 0.227 e. The Morgan fingerprint density at radius 1 is 0.481 bits per heavy atom. The van der Waals surface area contributed by atoms with Crippen LogP contribution in [-0.4, -0.2) is 35.1 Å². The van der Waals surface area contributed by atoms with Crippen molar-refractivity contribution in [2.45, 2.75) is 195 Å². The van der Waals surface area contributed by atoms with Crippen LogP contribution < -0.4 is 10.6 Å². The van der Waals surface area contributed by atoms with Gasteiger partial charge >= 0.3 is 0 Å². The molecule has 2 amide bonds. The number of amides is 2. The number of phenolic OH excluding ortho intramolecular Hbond substituents is 2. The highest BCUT2D eigenvalue weighted by Crippen LogP contribution is 2.43. The fourth-order valence-electron chi connectivity index (χ4n) is 7.13. The summed E-state index contributed by atoms with van der Waals surface area (Å²) in [4.78, 5) is 26.6. The van der Waals surface area contributed by atoms with E-state index in [0.717, 1.165) is 71.9 Å². The maximum absolute atomic E-state index is 13.3. The van der Waals surface area contributed by atoms with Gasteiger partial charge in [-0.15, -0.1) is 0 Å². The molecule has 0 spiro atoms. The molecule has 2 rings (SSSR count). The smallest absolute Gasteiger partial charge is 0.227 e. The van der Waals surface area contributed by atoms with Gasteiger partial charge in [-0.3, -0.25) is 9.59 Å². The third-order valence-corrected chi connectivity index (χ3v) is 10.5. The van der Waals surface area contributed by atoms with Crippen LogP contribution in [0, 0.1) is 0 Å². The van der Waals surface area contributed by atoms with E-state index in [-0.39, 0.29) is 45.3 Å². The van der Waals surface area contributed by atoms with Crippen LogP contribution in [0.15, 0.2) is 24.3 Å². The normalized spacial score (nSPS) is 13.9. The number of unbranched alkanes of at least 4 members (excludes halogenated alkanes) is 7.